The van der Waals surface area contributed by atoms with E-state index in [2.05, 4.69) is 65.8 Å². The van der Waals surface area contributed by atoms with Gasteiger partial charge < -0.3 is 24.8 Å². The average Bonchev–Trinajstić information content (AvgIpc) is 2.78. The third-order valence-corrected chi connectivity index (χ3v) is 10.2. The minimum atomic E-state index is -0.649. The quantitative estimate of drug-likeness (QED) is 0.583. The molecule has 0 nitrogen and oxygen atoms in total. The Hall–Kier alpha value is 0.423. The van der Waals surface area contributed by atoms with E-state index in [0.717, 1.165) is 0 Å². The van der Waals surface area contributed by atoms with Crippen LogP contribution in [0.2, 0.25) is 6.25 Å². The Morgan fingerprint density at radius 1 is 0.783 bits per heavy atom. The van der Waals surface area contributed by atoms with Gasteiger partial charge in [-0.1, -0.05) is 0 Å². The van der Waals surface area contributed by atoms with Gasteiger partial charge in [-0.2, -0.15) is 0 Å². The Kier molecular flexibility index (Phi) is 9.38. The molecule has 0 heterocycles. The molecule has 128 valence electrons. The molecule has 0 aromatic rings. The van der Waals surface area contributed by atoms with E-state index in [-0.39, 0.29) is 24.8 Å². The summed E-state index contributed by atoms with van der Waals surface area (Å²) in [5.41, 5.74) is 6.40. The molecule has 0 spiro atoms. The molecule has 23 heavy (non-hydrogen) atoms. The van der Waals surface area contributed by atoms with Crippen LogP contribution >= 0.6 is 0 Å². The molecule has 2 aliphatic carbocycles. The summed E-state index contributed by atoms with van der Waals surface area (Å²) in [5.74, 6) is 0. The van der Waals surface area contributed by atoms with E-state index in [1.807, 2.05) is 0 Å². The monoisotopic (exact) mass is 430 g/mol. The smallest absolute Gasteiger partial charge is 1.00 e. The standard InChI is InChI=1S/2C10H15.2ClH.Zr/c2*1-4-5-10-6-8(2)9(3)7-10;;;/h2*6-7H,4-5H2,1-3H3;2*1H;/q;;;;+2/p-2. The molecular weight excluding hydrogens is 402 g/mol. The van der Waals surface area contributed by atoms with E-state index in [9.17, 15) is 0 Å². The fourth-order valence-corrected chi connectivity index (χ4v) is 8.83. The van der Waals surface area contributed by atoms with Gasteiger partial charge in [0.25, 0.3) is 0 Å². The molecular formula is C20H30Cl2Zr. The number of hydrogen-bond donors (Lipinski definition) is 0. The predicted octanol–water partition coefficient (Wildman–Crippen LogP) is 0.807. The van der Waals surface area contributed by atoms with Crippen molar-refractivity contribution in [2.24, 2.45) is 0 Å². The van der Waals surface area contributed by atoms with Gasteiger partial charge in [0.1, 0.15) is 0 Å². The van der Waals surface area contributed by atoms with Crippen LogP contribution in [0.15, 0.2) is 46.6 Å². The third kappa shape index (κ3) is 5.20. The Morgan fingerprint density at radius 3 is 1.43 bits per heavy atom. The number of hydrogen-bond acceptors (Lipinski definition) is 0. The summed E-state index contributed by atoms with van der Waals surface area (Å²) in [4.78, 5) is 0. The van der Waals surface area contributed by atoms with E-state index in [1.54, 1.807) is 22.3 Å². The van der Waals surface area contributed by atoms with Crippen molar-refractivity contribution in [3.8, 4) is 0 Å². The molecule has 2 unspecified atom stereocenters. The summed E-state index contributed by atoms with van der Waals surface area (Å²) < 4.78 is 0.797. The Bertz CT molecular complexity index is 494. The van der Waals surface area contributed by atoms with Gasteiger partial charge in [0.05, 0.1) is 0 Å². The zero-order valence-electron chi connectivity index (χ0n) is 15.4. The van der Waals surface area contributed by atoms with Gasteiger partial charge in [0, 0.05) is 0 Å². The van der Waals surface area contributed by atoms with Crippen molar-refractivity contribution in [2.45, 2.75) is 73.5 Å². The second-order valence-corrected chi connectivity index (χ2v) is 12.8. The minimum absolute atomic E-state index is 0. The maximum absolute atomic E-state index is 2.61. The van der Waals surface area contributed by atoms with Crippen LogP contribution in [0.5, 0.6) is 0 Å². The second-order valence-electron chi connectivity index (χ2n) is 7.12. The third-order valence-electron chi connectivity index (χ3n) is 4.99. The number of rotatable bonds is 6. The van der Waals surface area contributed by atoms with Crippen LogP contribution in [0, 0.1) is 0 Å². The van der Waals surface area contributed by atoms with Crippen molar-refractivity contribution in [3.05, 3.63) is 46.6 Å². The van der Waals surface area contributed by atoms with Gasteiger partial charge in [-0.15, -0.1) is 0 Å². The molecule has 0 N–H and O–H groups in total. The van der Waals surface area contributed by atoms with E-state index in [4.69, 9.17) is 0 Å². The van der Waals surface area contributed by atoms with Crippen molar-refractivity contribution in [1.82, 2.24) is 0 Å². The number of halogens is 2. The van der Waals surface area contributed by atoms with Gasteiger partial charge in [0.2, 0.25) is 0 Å². The van der Waals surface area contributed by atoms with Gasteiger partial charge in [-0.25, -0.2) is 0 Å². The first-order chi connectivity index (χ1) is 9.83. The molecule has 2 rings (SSSR count). The molecule has 2 atom stereocenters. The summed E-state index contributed by atoms with van der Waals surface area (Å²) >= 11 is -0.649. The van der Waals surface area contributed by atoms with Gasteiger partial charge in [-0.05, 0) is 0 Å². The van der Waals surface area contributed by atoms with Crippen LogP contribution in [-0.4, -0.2) is 0 Å². The van der Waals surface area contributed by atoms with Crippen LogP contribution in [0.4, 0.5) is 0 Å². The van der Waals surface area contributed by atoms with Crippen LogP contribution in [-0.2, 0) is 23.2 Å². The second kappa shape index (κ2) is 9.21. The first-order valence-electron chi connectivity index (χ1n) is 8.43. The Balaban J connectivity index is 0.00000242. The SMILES string of the molecule is CCCC1=C[C](C)([Zr+2][C]2(C)C=C(CCC)C=C2C)C(C)=C1.[Cl-].[Cl-]. The molecule has 0 saturated heterocycles. The molecule has 0 bridgehead atoms. The van der Waals surface area contributed by atoms with E-state index in [0.29, 0.717) is 6.25 Å². The topological polar surface area (TPSA) is 0 Å². The molecule has 0 fully saturated rings. The normalized spacial score (nSPS) is 28.8. The largest absolute Gasteiger partial charge is 1.00 e. The fraction of sp³-hybridized carbons (Fsp3) is 0.600. The van der Waals surface area contributed by atoms with Gasteiger partial charge in [0.15, 0.2) is 0 Å². The summed E-state index contributed by atoms with van der Waals surface area (Å²) in [6, 6.07) is 0. The number of allylic oxidation sites excluding steroid dienone is 8. The zero-order chi connectivity index (χ0) is 15.7. The fourth-order valence-electron chi connectivity index (χ4n) is 3.58. The Labute approximate surface area is 167 Å². The van der Waals surface area contributed by atoms with Crippen LogP contribution < -0.4 is 24.8 Å². The van der Waals surface area contributed by atoms with Crippen molar-refractivity contribution in [2.75, 3.05) is 0 Å². The molecule has 0 aromatic heterocycles. The van der Waals surface area contributed by atoms with E-state index >= 15 is 0 Å². The molecule has 0 aromatic carbocycles. The molecule has 0 aliphatic heterocycles. The van der Waals surface area contributed by atoms with Gasteiger partial charge >= 0.3 is 143 Å². The zero-order valence-corrected chi connectivity index (χ0v) is 19.4. The Morgan fingerprint density at radius 2 is 1.13 bits per heavy atom. The van der Waals surface area contributed by atoms with Crippen LogP contribution in [0.25, 0.3) is 0 Å². The summed E-state index contributed by atoms with van der Waals surface area (Å²) in [7, 11) is 0. The van der Waals surface area contributed by atoms with Crippen LogP contribution in [0.3, 0.4) is 0 Å². The molecule has 2 aliphatic rings. The van der Waals surface area contributed by atoms with Crippen molar-refractivity contribution in [3.63, 3.8) is 0 Å². The predicted molar refractivity (Wildman–Crippen MR) is 90.2 cm³/mol. The maximum Gasteiger partial charge on any atom is -1.00 e. The first-order valence-corrected chi connectivity index (χ1v) is 10.9. The van der Waals surface area contributed by atoms with E-state index < -0.39 is 23.2 Å². The summed E-state index contributed by atoms with van der Waals surface area (Å²) in [5, 5.41) is 0. The van der Waals surface area contributed by atoms with Crippen LogP contribution in [0.1, 0.15) is 67.2 Å². The minimum Gasteiger partial charge on any atom is -1.00 e. The first kappa shape index (κ1) is 23.4. The molecule has 0 radical (unpaired) electrons. The molecule has 3 heteroatoms. The summed E-state index contributed by atoms with van der Waals surface area (Å²) in [6.07, 6.45) is 15.2. The van der Waals surface area contributed by atoms with Gasteiger partial charge in [-0.3, -0.25) is 0 Å². The van der Waals surface area contributed by atoms with Crippen molar-refractivity contribution in [1.29, 1.82) is 0 Å². The summed E-state index contributed by atoms with van der Waals surface area (Å²) in [6.45, 7) is 14.3. The maximum atomic E-state index is 2.61. The molecule has 0 amide bonds. The average molecular weight is 433 g/mol. The van der Waals surface area contributed by atoms with E-state index in [1.165, 1.54) is 25.7 Å². The molecule has 0 saturated carbocycles. The van der Waals surface area contributed by atoms with Crippen molar-refractivity contribution >= 4 is 0 Å². The van der Waals surface area contributed by atoms with Crippen molar-refractivity contribution < 1.29 is 48.0 Å².